The van der Waals surface area contributed by atoms with Gasteiger partial charge in [-0.25, -0.2) is 24.1 Å². The summed E-state index contributed by atoms with van der Waals surface area (Å²) in [5.74, 6) is 0.532. The average Bonchev–Trinajstić information content (AvgIpc) is 2.95. The highest BCUT2D eigenvalue weighted by atomic mass is 19.1. The van der Waals surface area contributed by atoms with Crippen LogP contribution in [-0.4, -0.2) is 83.0 Å². The Bertz CT molecular complexity index is 1240. The van der Waals surface area contributed by atoms with Crippen molar-refractivity contribution >= 4 is 28.5 Å². The highest BCUT2D eigenvalue weighted by Gasteiger charge is 2.22. The summed E-state index contributed by atoms with van der Waals surface area (Å²) in [4.78, 5) is 27.6. The summed E-state index contributed by atoms with van der Waals surface area (Å²) in [6.07, 6.45) is 6.10. The average molecular weight is 539 g/mol. The lowest BCUT2D eigenvalue weighted by Gasteiger charge is -2.27. The number of fused-ring (bicyclic) bond motifs is 2. The van der Waals surface area contributed by atoms with E-state index in [-0.39, 0.29) is 0 Å². The van der Waals surface area contributed by atoms with Gasteiger partial charge in [0.1, 0.15) is 30.7 Å². The minimum absolute atomic E-state index is 0.327. The van der Waals surface area contributed by atoms with Gasteiger partial charge in [0, 0.05) is 37.8 Å². The number of anilines is 2. The van der Waals surface area contributed by atoms with Gasteiger partial charge >= 0.3 is 5.97 Å². The Morgan fingerprint density at radius 2 is 2.10 bits per heavy atom. The van der Waals surface area contributed by atoms with Crippen molar-refractivity contribution in [2.45, 2.75) is 57.6 Å². The van der Waals surface area contributed by atoms with Crippen LogP contribution < -0.4 is 10.6 Å². The summed E-state index contributed by atoms with van der Waals surface area (Å²) in [5.41, 5.74) is 4.17. The lowest BCUT2D eigenvalue weighted by Crippen LogP contribution is -2.39. The quantitative estimate of drug-likeness (QED) is 0.244. The standard InChI is InChI=1S/C29H39FN6O3/c1-20-8-11-24-26(16-20)32-19-33-28(24)35-25(29(37)38)12-15-36(18-23(17-30)39-2)14-4-3-7-22-10-9-21-6-5-13-31-27(21)34-22/h8-11,16,19,23,25H,3-7,12-15,17-18H2,1-2H3,(H,31,34)(H,37,38)(H,32,33,35)/t23-,25+/m1/s1. The van der Waals surface area contributed by atoms with Crippen LogP contribution >= 0.6 is 0 Å². The number of aromatic nitrogens is 3. The van der Waals surface area contributed by atoms with Crippen LogP contribution in [0.2, 0.25) is 0 Å². The first-order chi connectivity index (χ1) is 19.0. The van der Waals surface area contributed by atoms with E-state index in [1.54, 1.807) is 0 Å². The minimum Gasteiger partial charge on any atom is -0.480 e. The van der Waals surface area contributed by atoms with Gasteiger partial charge < -0.3 is 25.4 Å². The Hall–Kier alpha value is -3.37. The van der Waals surface area contributed by atoms with Crippen LogP contribution in [-0.2, 0) is 22.4 Å². The smallest absolute Gasteiger partial charge is 0.326 e. The number of hydrogen-bond acceptors (Lipinski definition) is 8. The molecule has 210 valence electrons. The van der Waals surface area contributed by atoms with Crippen molar-refractivity contribution in [1.29, 1.82) is 0 Å². The predicted molar refractivity (Wildman–Crippen MR) is 151 cm³/mol. The molecule has 0 radical (unpaired) electrons. The number of aliphatic carboxylic acids is 1. The van der Waals surface area contributed by atoms with E-state index in [1.807, 2.05) is 25.1 Å². The maximum absolute atomic E-state index is 13.5. The molecular weight excluding hydrogens is 499 g/mol. The van der Waals surface area contributed by atoms with Crippen LogP contribution in [0.4, 0.5) is 16.0 Å². The lowest BCUT2D eigenvalue weighted by molar-refractivity contribution is -0.138. The number of nitrogens with one attached hydrogen (secondary N) is 2. The van der Waals surface area contributed by atoms with Gasteiger partial charge in [-0.3, -0.25) is 0 Å². The Morgan fingerprint density at radius 1 is 1.23 bits per heavy atom. The zero-order valence-electron chi connectivity index (χ0n) is 22.8. The number of unbranched alkanes of at least 4 members (excludes halogenated alkanes) is 1. The molecule has 0 aliphatic carbocycles. The predicted octanol–water partition coefficient (Wildman–Crippen LogP) is 4.26. The van der Waals surface area contributed by atoms with Crippen LogP contribution in [0.3, 0.4) is 0 Å². The molecule has 0 saturated carbocycles. The molecule has 1 aliphatic heterocycles. The lowest BCUT2D eigenvalue weighted by atomic mass is 10.1. The SMILES string of the molecule is CO[C@H](CF)CN(CCCCc1ccc2c(n1)NCCC2)CC[C@H](Nc1ncnc2cc(C)ccc12)C(=O)O. The normalized spacial score (nSPS) is 14.6. The Balaban J connectivity index is 1.35. The number of methoxy groups -OCH3 is 1. The van der Waals surface area contributed by atoms with Gasteiger partial charge in [0.15, 0.2) is 0 Å². The molecule has 0 fully saturated rings. The molecule has 39 heavy (non-hydrogen) atoms. The molecule has 3 N–H and O–H groups in total. The van der Waals surface area contributed by atoms with E-state index in [4.69, 9.17) is 9.72 Å². The fourth-order valence-corrected chi connectivity index (χ4v) is 4.93. The first-order valence-electron chi connectivity index (χ1n) is 13.7. The van der Waals surface area contributed by atoms with Gasteiger partial charge in [-0.05, 0) is 81.3 Å². The molecule has 1 aromatic carbocycles. The Kier molecular flexibility index (Phi) is 10.4. The second-order valence-electron chi connectivity index (χ2n) is 10.2. The highest BCUT2D eigenvalue weighted by molar-refractivity contribution is 5.91. The maximum atomic E-state index is 13.5. The number of nitrogens with zero attached hydrogens (tertiary/aromatic N) is 4. The minimum atomic E-state index is -0.963. The Morgan fingerprint density at radius 3 is 2.90 bits per heavy atom. The molecule has 3 heterocycles. The molecule has 4 rings (SSSR count). The van der Waals surface area contributed by atoms with Crippen LogP contribution in [0.25, 0.3) is 10.9 Å². The van der Waals surface area contributed by atoms with Gasteiger partial charge in [0.05, 0.1) is 11.6 Å². The van der Waals surface area contributed by atoms with E-state index >= 15 is 0 Å². The Labute approximate surface area is 229 Å². The third kappa shape index (κ3) is 8.06. The molecule has 10 heteroatoms. The van der Waals surface area contributed by atoms with Crippen molar-refractivity contribution in [1.82, 2.24) is 19.9 Å². The van der Waals surface area contributed by atoms with Gasteiger partial charge in [-0.15, -0.1) is 0 Å². The number of rotatable bonds is 15. The van der Waals surface area contributed by atoms with Gasteiger partial charge in [0.2, 0.25) is 0 Å². The molecule has 0 spiro atoms. The summed E-state index contributed by atoms with van der Waals surface area (Å²) in [6.45, 7) is 3.95. The van der Waals surface area contributed by atoms with Crippen LogP contribution in [0.15, 0.2) is 36.7 Å². The van der Waals surface area contributed by atoms with Crippen molar-refractivity contribution in [2.24, 2.45) is 0 Å². The number of carboxylic acids is 1. The molecule has 0 bridgehead atoms. The third-order valence-corrected chi connectivity index (χ3v) is 7.21. The molecule has 0 saturated heterocycles. The number of aryl methyl sites for hydroxylation is 3. The first-order valence-corrected chi connectivity index (χ1v) is 13.7. The van der Waals surface area contributed by atoms with Gasteiger partial charge in [-0.1, -0.05) is 12.1 Å². The second kappa shape index (κ2) is 14.1. The van der Waals surface area contributed by atoms with Crippen LogP contribution in [0.5, 0.6) is 0 Å². The number of ether oxygens (including phenoxy) is 1. The van der Waals surface area contributed by atoms with Crippen molar-refractivity contribution in [3.05, 3.63) is 53.5 Å². The summed E-state index contributed by atoms with van der Waals surface area (Å²) in [7, 11) is 1.50. The van der Waals surface area contributed by atoms with E-state index in [0.717, 1.165) is 66.6 Å². The molecular formula is C29H39FN6O3. The number of alkyl halides is 1. The van der Waals surface area contributed by atoms with E-state index in [2.05, 4.69) is 37.6 Å². The molecule has 9 nitrogen and oxygen atoms in total. The van der Waals surface area contributed by atoms with E-state index in [0.29, 0.717) is 31.9 Å². The second-order valence-corrected chi connectivity index (χ2v) is 10.2. The highest BCUT2D eigenvalue weighted by Crippen LogP contribution is 2.22. The number of carbonyl (C=O) groups is 1. The number of benzene rings is 1. The van der Waals surface area contributed by atoms with Gasteiger partial charge in [-0.2, -0.15) is 0 Å². The van der Waals surface area contributed by atoms with Crippen LogP contribution in [0.1, 0.15) is 42.5 Å². The topological polar surface area (TPSA) is 113 Å². The van der Waals surface area contributed by atoms with E-state index in [1.165, 1.54) is 19.0 Å². The number of halogens is 1. The number of pyridine rings is 1. The summed E-state index contributed by atoms with van der Waals surface area (Å²) >= 11 is 0. The molecule has 0 unspecified atom stereocenters. The van der Waals surface area contributed by atoms with E-state index in [9.17, 15) is 14.3 Å². The van der Waals surface area contributed by atoms with Crippen LogP contribution in [0, 0.1) is 6.92 Å². The third-order valence-electron chi connectivity index (χ3n) is 7.21. The van der Waals surface area contributed by atoms with Crippen molar-refractivity contribution in [3.63, 3.8) is 0 Å². The fraction of sp³-hybridized carbons (Fsp3) is 0.517. The maximum Gasteiger partial charge on any atom is 0.326 e. The molecule has 3 aromatic rings. The molecule has 0 amide bonds. The zero-order valence-corrected chi connectivity index (χ0v) is 22.8. The molecule has 1 aliphatic rings. The summed E-state index contributed by atoms with van der Waals surface area (Å²) in [5, 5.41) is 17.2. The van der Waals surface area contributed by atoms with Gasteiger partial charge in [0.25, 0.3) is 0 Å². The molecule has 2 aromatic heterocycles. The van der Waals surface area contributed by atoms with Crippen molar-refractivity contribution < 1.29 is 19.0 Å². The van der Waals surface area contributed by atoms with E-state index < -0.39 is 24.8 Å². The zero-order chi connectivity index (χ0) is 27.6. The largest absolute Gasteiger partial charge is 0.480 e. The number of hydrogen-bond donors (Lipinski definition) is 3. The monoisotopic (exact) mass is 538 g/mol. The summed E-state index contributed by atoms with van der Waals surface area (Å²) in [6, 6.07) is 9.21. The molecule has 2 atom stereocenters. The van der Waals surface area contributed by atoms with Crippen molar-refractivity contribution in [2.75, 3.05) is 50.6 Å². The van der Waals surface area contributed by atoms with Crippen molar-refractivity contribution in [3.8, 4) is 0 Å². The first kappa shape index (κ1) is 28.6. The summed E-state index contributed by atoms with van der Waals surface area (Å²) < 4.78 is 18.8. The fourth-order valence-electron chi connectivity index (χ4n) is 4.93. The number of carboxylic acid groups (broad SMARTS) is 1.